The average molecular weight is 317 g/mol. The van der Waals surface area contributed by atoms with Gasteiger partial charge in [-0.3, -0.25) is 4.79 Å². The van der Waals surface area contributed by atoms with Crippen molar-refractivity contribution in [1.82, 2.24) is 4.90 Å². The fraction of sp³-hybridized carbons (Fsp3) is 0.278. The largest absolute Gasteiger partial charge is 0.486 e. The van der Waals surface area contributed by atoms with Crippen LogP contribution in [0.2, 0.25) is 0 Å². The van der Waals surface area contributed by atoms with Gasteiger partial charge in [0, 0.05) is 30.3 Å². The number of benzene rings is 2. The number of carbonyl (C=O) groups excluding carboxylic acids is 1. The van der Waals surface area contributed by atoms with E-state index in [1.807, 2.05) is 4.90 Å². The molecule has 1 saturated heterocycles. The molecule has 1 aliphatic heterocycles. The molecule has 23 heavy (non-hydrogen) atoms. The normalized spacial score (nSPS) is 14.1. The summed E-state index contributed by atoms with van der Waals surface area (Å²) in [5, 5.41) is 0. The molecule has 0 N–H and O–H groups in total. The second-order valence-corrected chi connectivity index (χ2v) is 5.52. The zero-order valence-corrected chi connectivity index (χ0v) is 12.6. The van der Waals surface area contributed by atoms with E-state index < -0.39 is 11.6 Å². The van der Waals surface area contributed by atoms with Gasteiger partial charge in [-0.25, -0.2) is 8.78 Å². The molecule has 1 aliphatic rings. The minimum Gasteiger partial charge on any atom is -0.486 e. The predicted molar refractivity (Wildman–Crippen MR) is 82.3 cm³/mol. The van der Waals surface area contributed by atoms with Crippen molar-refractivity contribution >= 4 is 5.91 Å². The Morgan fingerprint density at radius 3 is 2.57 bits per heavy atom. The van der Waals surface area contributed by atoms with E-state index in [0.717, 1.165) is 38.1 Å². The molecule has 0 atom stereocenters. The van der Waals surface area contributed by atoms with Crippen LogP contribution in [0, 0.1) is 11.6 Å². The number of rotatable bonds is 4. The molecule has 120 valence electrons. The maximum absolute atomic E-state index is 13.6. The summed E-state index contributed by atoms with van der Waals surface area (Å²) in [7, 11) is 0. The lowest BCUT2D eigenvalue weighted by atomic mass is 10.1. The standard InChI is InChI=1S/C18H17F2NO2/c19-14-7-8-17(16(20)11-14)23-12-13-5-1-2-6-15(13)18(22)21-9-3-4-10-21/h1-2,5-8,11H,3-4,9-10,12H2. The van der Waals surface area contributed by atoms with Crippen LogP contribution in [0.5, 0.6) is 5.75 Å². The summed E-state index contributed by atoms with van der Waals surface area (Å²) in [5.41, 5.74) is 1.25. The molecule has 1 amide bonds. The SMILES string of the molecule is O=C(c1ccccc1COc1ccc(F)cc1F)N1CCCC1. The van der Waals surface area contributed by atoms with E-state index in [1.165, 1.54) is 6.07 Å². The molecule has 0 aromatic heterocycles. The summed E-state index contributed by atoms with van der Waals surface area (Å²) < 4.78 is 31.9. The highest BCUT2D eigenvalue weighted by Gasteiger charge is 2.21. The highest BCUT2D eigenvalue weighted by atomic mass is 19.1. The molecule has 5 heteroatoms. The van der Waals surface area contributed by atoms with Gasteiger partial charge in [0.25, 0.3) is 5.91 Å². The third kappa shape index (κ3) is 3.50. The molecule has 0 spiro atoms. The fourth-order valence-electron chi connectivity index (χ4n) is 2.69. The first-order valence-electron chi connectivity index (χ1n) is 7.60. The average Bonchev–Trinajstić information content (AvgIpc) is 3.08. The van der Waals surface area contributed by atoms with Crippen molar-refractivity contribution in [3.05, 3.63) is 65.2 Å². The van der Waals surface area contributed by atoms with E-state index in [0.29, 0.717) is 11.1 Å². The number of amides is 1. The zero-order valence-electron chi connectivity index (χ0n) is 12.6. The van der Waals surface area contributed by atoms with Crippen LogP contribution in [0.4, 0.5) is 8.78 Å². The molecular weight excluding hydrogens is 300 g/mol. The van der Waals surface area contributed by atoms with Crippen LogP contribution < -0.4 is 4.74 Å². The van der Waals surface area contributed by atoms with Gasteiger partial charge >= 0.3 is 0 Å². The van der Waals surface area contributed by atoms with E-state index in [4.69, 9.17) is 4.74 Å². The number of halogens is 2. The number of likely N-dealkylation sites (tertiary alicyclic amines) is 1. The van der Waals surface area contributed by atoms with E-state index in [2.05, 4.69) is 0 Å². The van der Waals surface area contributed by atoms with Crippen LogP contribution in [-0.4, -0.2) is 23.9 Å². The Hall–Kier alpha value is -2.43. The van der Waals surface area contributed by atoms with E-state index in [1.54, 1.807) is 24.3 Å². The number of ether oxygens (including phenoxy) is 1. The quantitative estimate of drug-likeness (QED) is 0.859. The molecule has 1 fully saturated rings. The summed E-state index contributed by atoms with van der Waals surface area (Å²) >= 11 is 0. The first kappa shape index (κ1) is 15.5. The minimum atomic E-state index is -0.756. The zero-order chi connectivity index (χ0) is 16.2. The maximum Gasteiger partial charge on any atom is 0.254 e. The van der Waals surface area contributed by atoms with E-state index >= 15 is 0 Å². The van der Waals surface area contributed by atoms with Gasteiger partial charge in [-0.1, -0.05) is 18.2 Å². The van der Waals surface area contributed by atoms with Gasteiger partial charge in [0.1, 0.15) is 12.4 Å². The molecule has 3 rings (SSSR count). The van der Waals surface area contributed by atoms with E-state index in [-0.39, 0.29) is 18.3 Å². The third-order valence-electron chi connectivity index (χ3n) is 3.92. The number of hydrogen-bond acceptors (Lipinski definition) is 2. The van der Waals surface area contributed by atoms with Crippen molar-refractivity contribution in [2.45, 2.75) is 19.4 Å². The summed E-state index contributed by atoms with van der Waals surface area (Å²) in [5.74, 6) is -1.47. The third-order valence-corrected chi connectivity index (χ3v) is 3.92. The van der Waals surface area contributed by atoms with Crippen LogP contribution in [0.25, 0.3) is 0 Å². The first-order valence-corrected chi connectivity index (χ1v) is 7.60. The summed E-state index contributed by atoms with van der Waals surface area (Å²) in [6.45, 7) is 1.58. The Kier molecular flexibility index (Phi) is 4.55. The number of nitrogens with zero attached hydrogens (tertiary/aromatic N) is 1. The summed E-state index contributed by atoms with van der Waals surface area (Å²) in [6, 6.07) is 10.3. The van der Waals surface area contributed by atoms with Gasteiger partial charge in [-0.15, -0.1) is 0 Å². The molecular formula is C18H17F2NO2. The summed E-state index contributed by atoms with van der Waals surface area (Å²) in [6.07, 6.45) is 2.04. The molecule has 1 heterocycles. The van der Waals surface area contributed by atoms with Crippen molar-refractivity contribution in [2.24, 2.45) is 0 Å². The molecule has 0 radical (unpaired) electrons. The molecule has 2 aromatic carbocycles. The Balaban J connectivity index is 1.76. The van der Waals surface area contributed by atoms with Crippen LogP contribution >= 0.6 is 0 Å². The molecule has 0 unspecified atom stereocenters. The topological polar surface area (TPSA) is 29.5 Å². The van der Waals surface area contributed by atoms with Crippen LogP contribution in [-0.2, 0) is 6.61 Å². The second-order valence-electron chi connectivity index (χ2n) is 5.52. The summed E-state index contributed by atoms with van der Waals surface area (Å²) in [4.78, 5) is 14.4. The van der Waals surface area contributed by atoms with E-state index in [9.17, 15) is 13.6 Å². The van der Waals surface area contributed by atoms with Crippen molar-refractivity contribution in [1.29, 1.82) is 0 Å². The highest BCUT2D eigenvalue weighted by Crippen LogP contribution is 2.21. The van der Waals surface area contributed by atoms with Crippen molar-refractivity contribution in [2.75, 3.05) is 13.1 Å². The monoisotopic (exact) mass is 317 g/mol. The molecule has 0 saturated carbocycles. The van der Waals surface area contributed by atoms with Gasteiger partial charge < -0.3 is 9.64 Å². The Labute approximate surface area is 133 Å². The van der Waals surface area contributed by atoms with Crippen molar-refractivity contribution in [3.63, 3.8) is 0 Å². The smallest absolute Gasteiger partial charge is 0.254 e. The highest BCUT2D eigenvalue weighted by molar-refractivity contribution is 5.95. The Bertz CT molecular complexity index is 712. The lowest BCUT2D eigenvalue weighted by molar-refractivity contribution is 0.0790. The van der Waals surface area contributed by atoms with Gasteiger partial charge in [0.05, 0.1) is 0 Å². The van der Waals surface area contributed by atoms with Gasteiger partial charge in [-0.2, -0.15) is 0 Å². The fourth-order valence-corrected chi connectivity index (χ4v) is 2.69. The Morgan fingerprint density at radius 2 is 1.83 bits per heavy atom. The second kappa shape index (κ2) is 6.77. The van der Waals surface area contributed by atoms with Gasteiger partial charge in [-0.05, 0) is 31.0 Å². The first-order chi connectivity index (χ1) is 11.1. The molecule has 3 nitrogen and oxygen atoms in total. The van der Waals surface area contributed by atoms with Crippen LogP contribution in [0.1, 0.15) is 28.8 Å². The predicted octanol–water partition coefficient (Wildman–Crippen LogP) is 3.78. The maximum atomic E-state index is 13.6. The number of carbonyl (C=O) groups is 1. The minimum absolute atomic E-state index is 0.0266. The van der Waals surface area contributed by atoms with Crippen molar-refractivity contribution in [3.8, 4) is 5.75 Å². The number of hydrogen-bond donors (Lipinski definition) is 0. The van der Waals surface area contributed by atoms with Crippen LogP contribution in [0.3, 0.4) is 0 Å². The van der Waals surface area contributed by atoms with Crippen molar-refractivity contribution < 1.29 is 18.3 Å². The van der Waals surface area contributed by atoms with Crippen LogP contribution in [0.15, 0.2) is 42.5 Å². The lowest BCUT2D eigenvalue weighted by Crippen LogP contribution is -2.28. The molecule has 0 aliphatic carbocycles. The molecule has 0 bridgehead atoms. The van der Waals surface area contributed by atoms with Gasteiger partial charge in [0.15, 0.2) is 11.6 Å². The lowest BCUT2D eigenvalue weighted by Gasteiger charge is -2.18. The molecule has 2 aromatic rings. The van der Waals surface area contributed by atoms with Gasteiger partial charge in [0.2, 0.25) is 0 Å². The Morgan fingerprint density at radius 1 is 1.09 bits per heavy atom.